The number of morpholine rings is 2. The van der Waals surface area contributed by atoms with Crippen LogP contribution in [0.2, 0.25) is 5.15 Å². The van der Waals surface area contributed by atoms with Crippen LogP contribution in [-0.2, 0) is 9.47 Å². The highest BCUT2D eigenvalue weighted by atomic mass is 35.5. The first-order chi connectivity index (χ1) is 33.9. The molecule has 3 aromatic carbocycles. The molecule has 4 fully saturated rings. The van der Waals surface area contributed by atoms with Crippen molar-refractivity contribution < 1.29 is 23.5 Å². The Morgan fingerprint density at radius 3 is 1.60 bits per heavy atom. The number of halogens is 2. The van der Waals surface area contributed by atoms with Gasteiger partial charge >= 0.3 is 0 Å². The Hall–Kier alpha value is -6.50. The van der Waals surface area contributed by atoms with Gasteiger partial charge in [0, 0.05) is 85.2 Å². The van der Waals surface area contributed by atoms with E-state index in [2.05, 4.69) is 55.2 Å². The molecular weight excluding hydrogens is 911 g/mol. The smallest absolute Gasteiger partial charge is 0.251 e. The predicted octanol–water partition coefficient (Wildman–Crippen LogP) is 7.14. The minimum absolute atomic E-state index is 0.0158. The molecule has 2 saturated heterocycles. The lowest BCUT2D eigenvalue weighted by atomic mass is 10.0. The summed E-state index contributed by atoms with van der Waals surface area (Å²) in [4.78, 5) is 38.9. The highest BCUT2D eigenvalue weighted by Gasteiger charge is 2.27. The molecule has 0 bridgehead atoms. The molecule has 70 heavy (non-hydrogen) atoms. The summed E-state index contributed by atoms with van der Waals surface area (Å²) in [6, 6.07) is 22.3. The molecule has 4 N–H and O–H groups in total. The van der Waals surface area contributed by atoms with Gasteiger partial charge in [-0.2, -0.15) is 10.2 Å². The van der Waals surface area contributed by atoms with Crippen LogP contribution in [0.1, 0.15) is 57.5 Å². The molecule has 0 radical (unpaired) electrons. The van der Waals surface area contributed by atoms with Gasteiger partial charge in [-0.05, 0) is 119 Å². The molecule has 18 heteroatoms. The number of ether oxygens (including phenoxy) is 2. The third-order valence-electron chi connectivity index (χ3n) is 13.1. The fraction of sp³-hybridized carbons (Fsp3) is 0.385. The van der Waals surface area contributed by atoms with Gasteiger partial charge in [0.25, 0.3) is 11.8 Å². The number of benzene rings is 3. The normalized spacial score (nSPS) is 18.6. The Bertz CT molecular complexity index is 3040. The number of hydrogen-bond donors (Lipinski definition) is 4. The van der Waals surface area contributed by atoms with Crippen molar-refractivity contribution in [3.8, 4) is 33.8 Å². The number of rotatable bonds is 13. The highest BCUT2D eigenvalue weighted by Crippen LogP contribution is 2.31. The van der Waals surface area contributed by atoms with Crippen molar-refractivity contribution in [1.82, 2.24) is 49.6 Å². The summed E-state index contributed by atoms with van der Waals surface area (Å²) < 4.78 is 29.0. The molecule has 11 rings (SSSR count). The lowest BCUT2D eigenvalue weighted by Crippen LogP contribution is -2.43. The molecule has 4 aliphatic rings. The van der Waals surface area contributed by atoms with E-state index in [1.54, 1.807) is 35.1 Å². The van der Waals surface area contributed by atoms with E-state index in [-0.39, 0.29) is 29.8 Å². The third kappa shape index (κ3) is 10.9. The summed E-state index contributed by atoms with van der Waals surface area (Å²) >= 11 is 6.35. The first kappa shape index (κ1) is 47.2. The lowest BCUT2D eigenvalue weighted by Gasteiger charge is -2.30. The van der Waals surface area contributed by atoms with Crippen LogP contribution in [0.5, 0.6) is 0 Å². The van der Waals surface area contributed by atoms with E-state index in [1.165, 1.54) is 12.1 Å². The zero-order chi connectivity index (χ0) is 48.5. The molecule has 0 spiro atoms. The minimum atomic E-state index is -0.295. The molecule has 2 unspecified atom stereocenters. The van der Waals surface area contributed by atoms with Crippen molar-refractivity contribution in [2.45, 2.75) is 63.8 Å². The van der Waals surface area contributed by atoms with Gasteiger partial charge in [-0.15, -0.1) is 0 Å². The molecule has 2 aliphatic carbocycles. The molecule has 2 amide bonds. The minimum Gasteiger partial charge on any atom is -0.379 e. The Kier molecular flexibility index (Phi) is 13.8. The average Bonchev–Trinajstić information content (AvgIpc) is 4.26. The van der Waals surface area contributed by atoms with E-state index in [0.29, 0.717) is 65.0 Å². The van der Waals surface area contributed by atoms with Gasteiger partial charge in [0.05, 0.1) is 66.3 Å². The quantitative estimate of drug-likeness (QED) is 0.0925. The summed E-state index contributed by atoms with van der Waals surface area (Å²) in [7, 11) is 4.19. The van der Waals surface area contributed by atoms with Gasteiger partial charge in [-0.1, -0.05) is 23.7 Å². The maximum Gasteiger partial charge on any atom is 0.251 e. The number of likely N-dealkylation sites (N-methyl/N-ethyl adjacent to an activating group) is 2. The van der Waals surface area contributed by atoms with E-state index in [4.69, 9.17) is 31.2 Å². The Balaban J connectivity index is 0.000000165. The van der Waals surface area contributed by atoms with E-state index in [0.717, 1.165) is 109 Å². The average molecular weight is 970 g/mol. The number of imidazole rings is 2. The maximum atomic E-state index is 13.6. The maximum absolute atomic E-state index is 13.6. The van der Waals surface area contributed by atoms with Crippen molar-refractivity contribution in [2.24, 2.45) is 0 Å². The summed E-state index contributed by atoms with van der Waals surface area (Å²) in [5.41, 5.74) is 11.1. The number of aryl methyl sites for hydroxylation is 2. The number of anilines is 2. The summed E-state index contributed by atoms with van der Waals surface area (Å²) in [5, 5.41) is 22.8. The topological polar surface area (TPSA) is 168 Å². The first-order valence-corrected chi connectivity index (χ1v) is 24.4. The van der Waals surface area contributed by atoms with Gasteiger partial charge in [-0.3, -0.25) is 9.59 Å². The van der Waals surface area contributed by atoms with Gasteiger partial charge in [0.15, 0.2) is 16.4 Å². The Labute approximate surface area is 410 Å². The van der Waals surface area contributed by atoms with Crippen molar-refractivity contribution in [3.05, 3.63) is 118 Å². The molecule has 16 nitrogen and oxygen atoms in total. The number of hydrogen-bond acceptors (Lipinski definition) is 12. The van der Waals surface area contributed by atoms with E-state index < -0.39 is 0 Å². The Morgan fingerprint density at radius 2 is 1.13 bits per heavy atom. The Morgan fingerprint density at radius 1 is 0.657 bits per heavy atom. The fourth-order valence-electron chi connectivity index (χ4n) is 8.89. The zero-order valence-electron chi connectivity index (χ0n) is 39.8. The summed E-state index contributed by atoms with van der Waals surface area (Å²) in [6.45, 7) is 10.2. The van der Waals surface area contributed by atoms with Crippen LogP contribution in [0.4, 0.5) is 15.8 Å². The predicted molar refractivity (Wildman–Crippen MR) is 269 cm³/mol. The molecule has 7 aromatic rings. The van der Waals surface area contributed by atoms with Crippen LogP contribution in [-0.4, -0.2) is 142 Å². The number of carbonyl (C=O) groups is 2. The van der Waals surface area contributed by atoms with Crippen molar-refractivity contribution in [2.75, 3.05) is 77.2 Å². The van der Waals surface area contributed by atoms with Crippen LogP contribution in [0.25, 0.3) is 45.1 Å². The molecule has 2 saturated carbocycles. The lowest BCUT2D eigenvalue weighted by molar-refractivity contribution is -0.0118. The third-order valence-corrected chi connectivity index (χ3v) is 13.3. The first-order valence-electron chi connectivity index (χ1n) is 24.0. The number of aromatic nitrogens is 6. The van der Waals surface area contributed by atoms with Crippen LogP contribution >= 0.6 is 11.6 Å². The van der Waals surface area contributed by atoms with E-state index >= 15 is 0 Å². The van der Waals surface area contributed by atoms with E-state index in [1.807, 2.05) is 60.8 Å². The van der Waals surface area contributed by atoms with Crippen molar-refractivity contribution in [3.63, 3.8) is 0 Å². The second-order valence-corrected chi connectivity index (χ2v) is 19.3. The van der Waals surface area contributed by atoms with Crippen molar-refractivity contribution >= 4 is 46.1 Å². The highest BCUT2D eigenvalue weighted by molar-refractivity contribution is 6.29. The fourth-order valence-corrected chi connectivity index (χ4v) is 9.07. The van der Waals surface area contributed by atoms with Gasteiger partial charge in [0.1, 0.15) is 5.82 Å². The number of fused-ring (bicyclic) bond motifs is 2. The molecule has 2 aliphatic heterocycles. The molecular formula is C52H58ClFN12O4. The standard InChI is InChI=1S/C29H31FN6O2.C23H27ClN6O2/c1-18-13-20(5-10-24(18)29(37)33-22-8-9-22)27-16-32-28-26(31-15-23-17-35(2)11-12-38-23)14-25(34-36(27)28)19-3-6-21(30)7-4-19;1-14-9-15(3-6-18(14)23(31)27-16-4-5-16)20-12-26-22-19(10-21(24)28-30(20)22)25-11-17-13-29(2)7-8-32-17/h3-7,10,13-14,16,22-23,31H,8-9,11-12,15,17H2,1-2H3,(H,33,37);3,6,9-10,12,16-17,25H,4-5,7-8,11,13H2,1-2H3,(H,27,31). The SMILES string of the molecule is Cc1cc(-c2cnc3c(NCC4CN(C)CCO4)cc(-c4ccc(F)cc4)nn23)ccc1C(=O)NC1CC1.Cc1cc(-c2cnc3c(NCC4CN(C)CCO4)cc(Cl)nn23)ccc1C(=O)NC1CC1. The van der Waals surface area contributed by atoms with Crippen LogP contribution in [0, 0.1) is 19.7 Å². The molecule has 4 aromatic heterocycles. The zero-order valence-corrected chi connectivity index (χ0v) is 40.6. The molecule has 2 atom stereocenters. The summed E-state index contributed by atoms with van der Waals surface area (Å²) in [6.07, 6.45) is 7.97. The molecule has 6 heterocycles. The second-order valence-electron chi connectivity index (χ2n) is 18.9. The number of amides is 2. The monoisotopic (exact) mass is 968 g/mol. The van der Waals surface area contributed by atoms with Crippen molar-refractivity contribution in [1.29, 1.82) is 0 Å². The largest absolute Gasteiger partial charge is 0.379 e. The summed E-state index contributed by atoms with van der Waals surface area (Å²) in [5.74, 6) is -0.345. The molecule has 364 valence electrons. The number of carbonyl (C=O) groups excluding carboxylic acids is 2. The van der Waals surface area contributed by atoms with Crippen LogP contribution in [0.15, 0.2) is 85.2 Å². The van der Waals surface area contributed by atoms with Gasteiger partial charge in [0.2, 0.25) is 0 Å². The second kappa shape index (κ2) is 20.5. The van der Waals surface area contributed by atoms with Crippen LogP contribution in [0.3, 0.4) is 0 Å². The number of nitrogens with zero attached hydrogens (tertiary/aromatic N) is 8. The van der Waals surface area contributed by atoms with Gasteiger partial charge in [-0.25, -0.2) is 23.4 Å². The number of nitrogens with one attached hydrogen (secondary N) is 4. The van der Waals surface area contributed by atoms with E-state index in [9.17, 15) is 14.0 Å². The van der Waals surface area contributed by atoms with Crippen LogP contribution < -0.4 is 21.3 Å². The van der Waals surface area contributed by atoms with Gasteiger partial charge < -0.3 is 40.5 Å².